The molecule has 1 atom stereocenters. The maximum Gasteiger partial charge on any atom is 0.0580 e. The van der Waals surface area contributed by atoms with Crippen LogP contribution in [-0.2, 0) is 6.42 Å². The molecule has 2 heteroatoms. The molecule has 0 amide bonds. The average molecular weight is 225 g/mol. The first-order valence-electron chi connectivity index (χ1n) is 5.17. The number of alkyl halides is 1. The van der Waals surface area contributed by atoms with Crippen molar-refractivity contribution < 1.29 is 5.11 Å². The minimum atomic E-state index is -0.323. The summed E-state index contributed by atoms with van der Waals surface area (Å²) in [5.41, 5.74) is 2.16. The van der Waals surface area contributed by atoms with Crippen LogP contribution >= 0.6 is 11.6 Å². The molecule has 0 aromatic heterocycles. The molecule has 0 unspecified atom stereocenters. The topological polar surface area (TPSA) is 20.2 Å². The van der Waals surface area contributed by atoms with E-state index in [1.807, 2.05) is 18.2 Å². The lowest BCUT2D eigenvalue weighted by Crippen LogP contribution is -2.09. The molecule has 0 aliphatic carbocycles. The van der Waals surface area contributed by atoms with Crippen LogP contribution in [0.2, 0.25) is 0 Å². The number of hydrogen-bond donors (Lipinski definition) is 1. The largest absolute Gasteiger partial charge is 0.393 e. The summed E-state index contributed by atoms with van der Waals surface area (Å²) in [6.45, 7) is 3.78. The molecule has 15 heavy (non-hydrogen) atoms. The summed E-state index contributed by atoms with van der Waals surface area (Å²) in [6, 6.07) is 10.2. The Morgan fingerprint density at radius 3 is 2.60 bits per heavy atom. The molecule has 0 fully saturated rings. The molecule has 1 rings (SSSR count). The van der Waals surface area contributed by atoms with E-state index in [-0.39, 0.29) is 6.10 Å². The molecule has 1 aromatic rings. The summed E-state index contributed by atoms with van der Waals surface area (Å²) in [5, 5.41) is 9.69. The molecule has 0 radical (unpaired) electrons. The highest BCUT2D eigenvalue weighted by Crippen LogP contribution is 2.11. The van der Waals surface area contributed by atoms with Gasteiger partial charge in [-0.25, -0.2) is 0 Å². The second kappa shape index (κ2) is 6.65. The van der Waals surface area contributed by atoms with Gasteiger partial charge in [0.2, 0.25) is 0 Å². The van der Waals surface area contributed by atoms with Gasteiger partial charge in [0.05, 0.1) is 6.10 Å². The Morgan fingerprint density at radius 1 is 1.33 bits per heavy atom. The second-order valence-corrected chi connectivity index (χ2v) is 4.03. The first-order chi connectivity index (χ1) is 7.22. The van der Waals surface area contributed by atoms with Gasteiger partial charge in [-0.2, -0.15) is 0 Å². The summed E-state index contributed by atoms with van der Waals surface area (Å²) >= 11 is 5.60. The summed E-state index contributed by atoms with van der Waals surface area (Å²) in [4.78, 5) is 0. The lowest BCUT2D eigenvalue weighted by Gasteiger charge is -2.10. The molecule has 1 nitrogen and oxygen atoms in total. The third kappa shape index (κ3) is 5.01. The molecular formula is C13H17ClO. The molecule has 0 aliphatic heterocycles. The fourth-order valence-electron chi connectivity index (χ4n) is 1.47. The molecule has 1 aromatic carbocycles. The van der Waals surface area contributed by atoms with Crippen molar-refractivity contribution in [1.82, 2.24) is 0 Å². The predicted octanol–water partition coefficient (Wildman–Crippen LogP) is 3.17. The summed E-state index contributed by atoms with van der Waals surface area (Å²) in [7, 11) is 0. The fraction of sp³-hybridized carbons (Fsp3) is 0.385. The number of benzene rings is 1. The van der Waals surface area contributed by atoms with E-state index in [1.165, 1.54) is 5.56 Å². The van der Waals surface area contributed by atoms with Gasteiger partial charge in [-0.15, -0.1) is 11.6 Å². The Morgan fingerprint density at radius 2 is 2.00 bits per heavy atom. The van der Waals surface area contributed by atoms with Gasteiger partial charge in [-0.3, -0.25) is 0 Å². The molecule has 0 saturated carbocycles. The van der Waals surface area contributed by atoms with Crippen molar-refractivity contribution in [3.63, 3.8) is 0 Å². The van der Waals surface area contributed by atoms with Crippen LogP contribution in [0.5, 0.6) is 0 Å². The fourth-order valence-corrected chi connectivity index (χ4v) is 1.58. The maximum atomic E-state index is 9.69. The highest BCUT2D eigenvalue weighted by atomic mass is 35.5. The van der Waals surface area contributed by atoms with Crippen molar-refractivity contribution in [2.45, 2.75) is 25.4 Å². The van der Waals surface area contributed by atoms with Crippen LogP contribution in [-0.4, -0.2) is 17.1 Å². The minimum Gasteiger partial charge on any atom is -0.393 e. The van der Waals surface area contributed by atoms with E-state index >= 15 is 0 Å². The van der Waals surface area contributed by atoms with Gasteiger partial charge < -0.3 is 5.11 Å². The number of rotatable bonds is 6. The van der Waals surface area contributed by atoms with Crippen LogP contribution in [0.25, 0.3) is 0 Å². The zero-order chi connectivity index (χ0) is 11.1. The Hall–Kier alpha value is -0.790. The van der Waals surface area contributed by atoms with Crippen LogP contribution in [0.4, 0.5) is 0 Å². The molecule has 0 bridgehead atoms. The smallest absolute Gasteiger partial charge is 0.0580 e. The van der Waals surface area contributed by atoms with Crippen LogP contribution in [0.15, 0.2) is 42.5 Å². The zero-order valence-corrected chi connectivity index (χ0v) is 9.58. The van der Waals surface area contributed by atoms with Gasteiger partial charge in [0, 0.05) is 5.88 Å². The molecule has 82 valence electrons. The second-order valence-electron chi connectivity index (χ2n) is 3.77. The standard InChI is InChI=1S/C13H17ClO/c1-11(10-14)9-13(15)8-7-12-5-3-2-4-6-12/h2-6,13,15H,1,7-10H2/t13-/m1/s1. The number of aryl methyl sites for hydroxylation is 1. The summed E-state index contributed by atoms with van der Waals surface area (Å²) in [5.74, 6) is 0.433. The van der Waals surface area contributed by atoms with Crippen molar-refractivity contribution in [2.75, 3.05) is 5.88 Å². The van der Waals surface area contributed by atoms with Crippen molar-refractivity contribution in [1.29, 1.82) is 0 Å². The monoisotopic (exact) mass is 224 g/mol. The quantitative estimate of drug-likeness (QED) is 0.581. The summed E-state index contributed by atoms with van der Waals surface area (Å²) in [6.07, 6.45) is 1.95. The van der Waals surface area contributed by atoms with Crippen LogP contribution < -0.4 is 0 Å². The number of aliphatic hydroxyl groups is 1. The molecule has 1 N–H and O–H groups in total. The van der Waals surface area contributed by atoms with Gasteiger partial charge in [0.25, 0.3) is 0 Å². The summed E-state index contributed by atoms with van der Waals surface area (Å²) < 4.78 is 0. The van der Waals surface area contributed by atoms with Crippen molar-refractivity contribution in [3.8, 4) is 0 Å². The lowest BCUT2D eigenvalue weighted by molar-refractivity contribution is 0.165. The Balaban J connectivity index is 2.28. The van der Waals surface area contributed by atoms with Gasteiger partial charge >= 0.3 is 0 Å². The van der Waals surface area contributed by atoms with E-state index in [2.05, 4.69) is 18.7 Å². The molecule has 0 saturated heterocycles. The van der Waals surface area contributed by atoms with Gasteiger partial charge in [0.15, 0.2) is 0 Å². The van der Waals surface area contributed by atoms with Crippen molar-refractivity contribution >= 4 is 11.6 Å². The molecular weight excluding hydrogens is 208 g/mol. The van der Waals surface area contributed by atoms with Gasteiger partial charge in [0.1, 0.15) is 0 Å². The normalized spacial score (nSPS) is 12.4. The van der Waals surface area contributed by atoms with Crippen molar-refractivity contribution in [2.24, 2.45) is 0 Å². The molecule has 0 spiro atoms. The number of aliphatic hydroxyl groups excluding tert-OH is 1. The van der Waals surface area contributed by atoms with Crippen LogP contribution in [0, 0.1) is 0 Å². The molecule has 0 heterocycles. The molecule has 0 aliphatic rings. The number of hydrogen-bond acceptors (Lipinski definition) is 1. The SMILES string of the molecule is C=C(CCl)C[C@H](O)CCc1ccccc1. The predicted molar refractivity (Wildman–Crippen MR) is 65.2 cm³/mol. The third-order valence-electron chi connectivity index (χ3n) is 2.32. The number of halogens is 1. The minimum absolute atomic E-state index is 0.323. The Bertz CT molecular complexity index is 295. The van der Waals surface area contributed by atoms with E-state index in [9.17, 15) is 5.11 Å². The zero-order valence-electron chi connectivity index (χ0n) is 8.82. The Labute approximate surface area is 96.4 Å². The highest BCUT2D eigenvalue weighted by molar-refractivity contribution is 6.19. The Kier molecular flexibility index (Phi) is 5.44. The van der Waals surface area contributed by atoms with E-state index in [4.69, 9.17) is 11.6 Å². The van der Waals surface area contributed by atoms with Crippen LogP contribution in [0.3, 0.4) is 0 Å². The third-order valence-corrected chi connectivity index (χ3v) is 2.70. The van der Waals surface area contributed by atoms with Gasteiger partial charge in [-0.05, 0) is 24.8 Å². The van der Waals surface area contributed by atoms with Crippen molar-refractivity contribution in [3.05, 3.63) is 48.0 Å². The lowest BCUT2D eigenvalue weighted by atomic mass is 10.0. The van der Waals surface area contributed by atoms with E-state index in [0.717, 1.165) is 18.4 Å². The first-order valence-corrected chi connectivity index (χ1v) is 5.70. The average Bonchev–Trinajstić information content (AvgIpc) is 2.27. The van der Waals surface area contributed by atoms with Crippen LogP contribution in [0.1, 0.15) is 18.4 Å². The maximum absolute atomic E-state index is 9.69. The first kappa shape index (κ1) is 12.3. The van der Waals surface area contributed by atoms with E-state index < -0.39 is 0 Å². The van der Waals surface area contributed by atoms with E-state index in [0.29, 0.717) is 12.3 Å². The van der Waals surface area contributed by atoms with E-state index in [1.54, 1.807) is 0 Å². The highest BCUT2D eigenvalue weighted by Gasteiger charge is 2.05. The van der Waals surface area contributed by atoms with Gasteiger partial charge in [-0.1, -0.05) is 42.5 Å².